The van der Waals surface area contributed by atoms with E-state index in [9.17, 15) is 4.79 Å². The van der Waals surface area contributed by atoms with E-state index in [0.717, 1.165) is 16.8 Å². The molecule has 7 heteroatoms. The van der Waals surface area contributed by atoms with Crippen LogP contribution < -0.4 is 10.6 Å². The molecule has 2 aromatic carbocycles. The van der Waals surface area contributed by atoms with Crippen molar-refractivity contribution in [2.24, 2.45) is 0 Å². The highest BCUT2D eigenvalue weighted by atomic mass is 35.5. The van der Waals surface area contributed by atoms with Crippen molar-refractivity contribution in [1.82, 2.24) is 14.8 Å². The monoisotopic (exact) mass is 391 g/mol. The number of halogens is 1. The molecule has 0 unspecified atom stereocenters. The Morgan fingerprint density at radius 2 is 1.96 bits per heavy atom. The topological polar surface area (TPSA) is 71.8 Å². The zero-order chi connectivity index (χ0) is 19.5. The minimum absolute atomic E-state index is 0.0703. The first-order valence-electron chi connectivity index (χ1n) is 8.79. The van der Waals surface area contributed by atoms with Gasteiger partial charge in [0.2, 0.25) is 5.95 Å². The molecule has 1 aromatic heterocycles. The number of allylic oxidation sites excluding steroid dienone is 1. The molecule has 140 valence electrons. The number of amides is 1. The van der Waals surface area contributed by atoms with Crippen molar-refractivity contribution >= 4 is 35.5 Å². The fraction of sp³-hybridized carbons (Fsp3) is 0.0952. The third-order valence-electron chi connectivity index (χ3n) is 4.37. The van der Waals surface area contributed by atoms with E-state index in [2.05, 4.69) is 27.3 Å². The van der Waals surface area contributed by atoms with Crippen molar-refractivity contribution in [2.75, 3.05) is 10.6 Å². The predicted octanol–water partition coefficient (Wildman–Crippen LogP) is 4.50. The molecule has 1 aliphatic heterocycles. The lowest BCUT2D eigenvalue weighted by Gasteiger charge is -2.26. The molecule has 1 aliphatic rings. The van der Waals surface area contributed by atoms with Crippen LogP contribution in [0, 0.1) is 0 Å². The number of rotatable bonds is 4. The van der Waals surface area contributed by atoms with Crippen LogP contribution in [0.15, 0.2) is 72.9 Å². The molecule has 3 aromatic rings. The van der Waals surface area contributed by atoms with Gasteiger partial charge in [0.1, 0.15) is 0 Å². The van der Waals surface area contributed by atoms with Crippen LogP contribution in [0.1, 0.15) is 23.6 Å². The molecule has 0 saturated carbocycles. The first-order valence-corrected chi connectivity index (χ1v) is 9.17. The highest BCUT2D eigenvalue weighted by molar-refractivity contribution is 6.30. The lowest BCUT2D eigenvalue weighted by molar-refractivity contribution is -0.111. The Morgan fingerprint density at radius 1 is 1.21 bits per heavy atom. The summed E-state index contributed by atoms with van der Waals surface area (Å²) in [5.41, 5.74) is 2.82. The van der Waals surface area contributed by atoms with E-state index < -0.39 is 0 Å². The van der Waals surface area contributed by atoms with Crippen molar-refractivity contribution in [1.29, 1.82) is 0 Å². The zero-order valence-electron chi connectivity index (χ0n) is 15.0. The number of nitrogens with one attached hydrogen (secondary N) is 2. The third kappa shape index (κ3) is 3.97. The van der Waals surface area contributed by atoms with Crippen molar-refractivity contribution < 1.29 is 4.79 Å². The summed E-state index contributed by atoms with van der Waals surface area (Å²) in [7, 11) is 0. The van der Waals surface area contributed by atoms with Crippen molar-refractivity contribution in [3.63, 3.8) is 0 Å². The smallest absolute Gasteiger partial charge is 0.250 e. The number of anilines is 2. The molecule has 28 heavy (non-hydrogen) atoms. The van der Waals surface area contributed by atoms with E-state index in [-0.39, 0.29) is 17.9 Å². The van der Waals surface area contributed by atoms with Crippen molar-refractivity contribution in [3.8, 4) is 0 Å². The summed E-state index contributed by atoms with van der Waals surface area (Å²) in [5, 5.41) is 11.0. The molecule has 1 amide bonds. The summed E-state index contributed by atoms with van der Waals surface area (Å²) in [6, 6.07) is 17.1. The Labute approximate surface area is 167 Å². The number of aromatic nitrogens is 3. The lowest BCUT2D eigenvalue weighted by Crippen LogP contribution is -2.23. The van der Waals surface area contributed by atoms with Gasteiger partial charge < -0.3 is 5.32 Å². The molecule has 1 atom stereocenters. The van der Waals surface area contributed by atoms with Crippen LogP contribution in [0.5, 0.6) is 0 Å². The molecule has 0 fully saturated rings. The van der Waals surface area contributed by atoms with Crippen molar-refractivity contribution in [3.05, 3.63) is 89.1 Å². The summed E-state index contributed by atoms with van der Waals surface area (Å²) in [6.45, 7) is 4.02. The van der Waals surface area contributed by atoms with Gasteiger partial charge in [-0.25, -0.2) is 4.68 Å². The third-order valence-corrected chi connectivity index (χ3v) is 4.62. The summed E-state index contributed by atoms with van der Waals surface area (Å²) in [5.74, 6) is 0.478. The average Bonchev–Trinajstić information content (AvgIpc) is 3.09. The fourth-order valence-electron chi connectivity index (χ4n) is 3.04. The second kappa shape index (κ2) is 7.70. The number of carbonyl (C=O) groups is 1. The molecule has 0 aliphatic carbocycles. The van der Waals surface area contributed by atoms with Crippen LogP contribution >= 0.6 is 11.6 Å². The van der Waals surface area contributed by atoms with Crippen molar-refractivity contribution in [2.45, 2.75) is 12.5 Å². The van der Waals surface area contributed by atoms with E-state index in [0.29, 0.717) is 17.4 Å². The summed E-state index contributed by atoms with van der Waals surface area (Å²) in [4.78, 5) is 16.6. The van der Waals surface area contributed by atoms with Gasteiger partial charge in [-0.15, -0.1) is 5.10 Å². The van der Waals surface area contributed by atoms with E-state index in [1.165, 1.54) is 6.08 Å². The number of benzene rings is 2. The van der Waals surface area contributed by atoms with Gasteiger partial charge >= 0.3 is 0 Å². The predicted molar refractivity (Wildman–Crippen MR) is 111 cm³/mol. The maximum absolute atomic E-state index is 12.2. The Balaban J connectivity index is 1.54. The second-order valence-corrected chi connectivity index (χ2v) is 6.87. The van der Waals surface area contributed by atoms with Gasteiger partial charge in [0.15, 0.2) is 0 Å². The van der Waals surface area contributed by atoms with Gasteiger partial charge in [0.25, 0.3) is 11.9 Å². The highest BCUT2D eigenvalue weighted by Crippen LogP contribution is 2.33. The van der Waals surface area contributed by atoms with Crippen LogP contribution in [0.25, 0.3) is 6.08 Å². The number of hydrogen-bond acceptors (Lipinski definition) is 4. The van der Waals surface area contributed by atoms with E-state index in [4.69, 9.17) is 11.6 Å². The molecular formula is C21H18ClN5O. The zero-order valence-corrected chi connectivity index (χ0v) is 15.7. The van der Waals surface area contributed by atoms with Gasteiger partial charge in [0.05, 0.1) is 6.04 Å². The van der Waals surface area contributed by atoms with Gasteiger partial charge in [-0.2, -0.15) is 4.98 Å². The summed E-state index contributed by atoms with van der Waals surface area (Å²) >= 11 is 6.00. The van der Waals surface area contributed by atoms with Gasteiger partial charge in [-0.3, -0.25) is 10.1 Å². The number of carbonyl (C=O) groups excluding carboxylic acids is 1. The van der Waals surface area contributed by atoms with Crippen LogP contribution in [0.2, 0.25) is 5.02 Å². The van der Waals surface area contributed by atoms with E-state index >= 15 is 0 Å². The molecule has 2 N–H and O–H groups in total. The highest BCUT2D eigenvalue weighted by Gasteiger charge is 2.26. The SMILES string of the molecule is C=C1C[C@@H](c2ccc(Cl)cc2)n2nc(NC(=O)/C=C/c3ccccc3)nc2N1. The maximum atomic E-state index is 12.2. The molecule has 2 heterocycles. The number of hydrogen-bond donors (Lipinski definition) is 2. The molecule has 0 radical (unpaired) electrons. The number of fused-ring (bicyclic) bond motifs is 1. The summed E-state index contributed by atoms with van der Waals surface area (Å²) in [6.07, 6.45) is 3.86. The lowest BCUT2D eigenvalue weighted by atomic mass is 10.0. The van der Waals surface area contributed by atoms with Gasteiger partial charge in [0, 0.05) is 23.2 Å². The second-order valence-electron chi connectivity index (χ2n) is 6.44. The van der Waals surface area contributed by atoms with Crippen LogP contribution in [0.3, 0.4) is 0 Å². The van der Waals surface area contributed by atoms with E-state index in [1.807, 2.05) is 54.6 Å². The largest absolute Gasteiger partial charge is 0.329 e. The normalized spacial score (nSPS) is 15.9. The Hall–Kier alpha value is -3.38. The molecule has 0 saturated heterocycles. The fourth-order valence-corrected chi connectivity index (χ4v) is 3.17. The molecule has 0 bridgehead atoms. The van der Waals surface area contributed by atoms with Crippen LogP contribution in [0.4, 0.5) is 11.9 Å². The number of nitrogens with zero attached hydrogens (tertiary/aromatic N) is 3. The Bertz CT molecular complexity index is 1040. The minimum atomic E-state index is -0.298. The quantitative estimate of drug-likeness (QED) is 0.642. The average molecular weight is 392 g/mol. The Kier molecular flexibility index (Phi) is 4.95. The standard InChI is InChI=1S/C21H18ClN5O/c1-14-13-18(16-8-10-17(22)11-9-16)27-21(23-14)25-20(26-27)24-19(28)12-7-15-5-3-2-4-6-15/h2-12,18H,1,13H2,(H2,23,24,25,26,28)/b12-7+/t18-/m0/s1. The summed E-state index contributed by atoms with van der Waals surface area (Å²) < 4.78 is 1.76. The molecule has 4 rings (SSSR count). The first-order chi connectivity index (χ1) is 13.6. The van der Waals surface area contributed by atoms with Crippen LogP contribution in [-0.4, -0.2) is 20.7 Å². The van der Waals surface area contributed by atoms with E-state index in [1.54, 1.807) is 10.8 Å². The molecule has 6 nitrogen and oxygen atoms in total. The van der Waals surface area contributed by atoms with Gasteiger partial charge in [-0.05, 0) is 29.3 Å². The minimum Gasteiger partial charge on any atom is -0.329 e. The first kappa shape index (κ1) is 18.0. The molecular weight excluding hydrogens is 374 g/mol. The molecule has 0 spiro atoms. The maximum Gasteiger partial charge on any atom is 0.250 e. The Morgan fingerprint density at radius 3 is 2.71 bits per heavy atom. The van der Waals surface area contributed by atoms with Crippen LogP contribution in [-0.2, 0) is 4.79 Å². The van der Waals surface area contributed by atoms with Gasteiger partial charge in [-0.1, -0.05) is 60.6 Å².